The van der Waals surface area contributed by atoms with Crippen LogP contribution in [0.4, 0.5) is 0 Å². The minimum atomic E-state index is 0.489. The quantitative estimate of drug-likeness (QED) is 0.682. The van der Waals surface area contributed by atoms with Gasteiger partial charge in [0, 0.05) is 23.5 Å². The molecule has 0 N–H and O–H groups in total. The minimum absolute atomic E-state index is 0.489. The summed E-state index contributed by atoms with van der Waals surface area (Å²) in [7, 11) is 0. The molecule has 90 valence electrons. The monoisotopic (exact) mass is 237 g/mol. The van der Waals surface area contributed by atoms with E-state index in [1.807, 2.05) is 41.3 Å². The Kier molecular flexibility index (Phi) is 2.59. The summed E-state index contributed by atoms with van der Waals surface area (Å²) in [5.41, 5.74) is 4.51. The molecular weight excluding hydrogens is 222 g/mol. The molecule has 0 spiro atoms. The summed E-state index contributed by atoms with van der Waals surface area (Å²) in [5.74, 6) is 0.489. The van der Waals surface area contributed by atoms with Gasteiger partial charge in [-0.2, -0.15) is 5.10 Å². The fourth-order valence-corrected chi connectivity index (χ4v) is 2.13. The molecule has 3 rings (SSSR count). The van der Waals surface area contributed by atoms with Crippen LogP contribution < -0.4 is 0 Å². The van der Waals surface area contributed by atoms with E-state index in [0.717, 1.165) is 11.3 Å². The zero-order valence-electron chi connectivity index (χ0n) is 10.5. The lowest BCUT2D eigenvalue weighted by Gasteiger charge is -2.04. The van der Waals surface area contributed by atoms with E-state index in [1.165, 1.54) is 11.1 Å². The number of nitrogens with zero attached hydrogens (tertiary/aromatic N) is 3. The predicted octanol–water partition coefficient (Wildman–Crippen LogP) is 3.52. The lowest BCUT2D eigenvalue weighted by atomic mass is 10.1. The van der Waals surface area contributed by atoms with Crippen LogP contribution in [0.2, 0.25) is 0 Å². The van der Waals surface area contributed by atoms with Crippen molar-refractivity contribution in [1.29, 1.82) is 0 Å². The highest BCUT2D eigenvalue weighted by Crippen LogP contribution is 2.23. The molecular formula is C15H15N3. The number of aromatic nitrogens is 3. The van der Waals surface area contributed by atoms with Crippen LogP contribution in [0.15, 0.2) is 48.9 Å². The Morgan fingerprint density at radius 3 is 2.72 bits per heavy atom. The van der Waals surface area contributed by atoms with Gasteiger partial charge >= 0.3 is 0 Å². The van der Waals surface area contributed by atoms with Crippen molar-refractivity contribution in [2.45, 2.75) is 19.8 Å². The maximum Gasteiger partial charge on any atom is 0.0717 e. The Hall–Kier alpha value is -2.16. The van der Waals surface area contributed by atoms with Crippen LogP contribution in [0.3, 0.4) is 0 Å². The molecule has 0 atom stereocenters. The fourth-order valence-electron chi connectivity index (χ4n) is 2.13. The summed E-state index contributed by atoms with van der Waals surface area (Å²) < 4.78 is 1.93. The number of rotatable bonds is 2. The van der Waals surface area contributed by atoms with Crippen LogP contribution in [-0.4, -0.2) is 14.6 Å². The highest BCUT2D eigenvalue weighted by Gasteiger charge is 2.08. The molecule has 0 saturated carbocycles. The smallest absolute Gasteiger partial charge is 0.0717 e. The second kappa shape index (κ2) is 4.26. The molecule has 0 amide bonds. The molecule has 0 unspecified atom stereocenters. The Morgan fingerprint density at radius 1 is 1.11 bits per heavy atom. The van der Waals surface area contributed by atoms with Gasteiger partial charge in [0.1, 0.15) is 0 Å². The second-order valence-electron chi connectivity index (χ2n) is 4.72. The molecule has 3 aromatic heterocycles. The first-order valence-electron chi connectivity index (χ1n) is 6.14. The van der Waals surface area contributed by atoms with Crippen molar-refractivity contribution in [3.63, 3.8) is 0 Å². The molecule has 0 fully saturated rings. The maximum atomic E-state index is 4.41. The van der Waals surface area contributed by atoms with E-state index >= 15 is 0 Å². The standard InChI is InChI=1S/C15H15N3/c1-11(2)13-9-17-18-10-12(6-7-15(13)18)14-5-3-4-8-16-14/h3-11H,1-2H3. The van der Waals surface area contributed by atoms with Crippen LogP contribution in [-0.2, 0) is 0 Å². The van der Waals surface area contributed by atoms with Gasteiger partial charge in [-0.05, 0) is 30.2 Å². The minimum Gasteiger partial charge on any atom is -0.256 e. The van der Waals surface area contributed by atoms with Crippen molar-refractivity contribution < 1.29 is 0 Å². The van der Waals surface area contributed by atoms with Crippen molar-refractivity contribution in [3.05, 3.63) is 54.5 Å². The third kappa shape index (κ3) is 1.78. The Labute approximate surface area is 106 Å². The number of pyridine rings is 2. The molecule has 0 aliphatic carbocycles. The van der Waals surface area contributed by atoms with Gasteiger partial charge in [0.05, 0.1) is 17.4 Å². The van der Waals surface area contributed by atoms with Crippen LogP contribution in [0.25, 0.3) is 16.8 Å². The van der Waals surface area contributed by atoms with Crippen LogP contribution in [0, 0.1) is 0 Å². The van der Waals surface area contributed by atoms with E-state index < -0.39 is 0 Å². The lowest BCUT2D eigenvalue weighted by molar-refractivity contribution is 0.875. The summed E-state index contributed by atoms with van der Waals surface area (Å²) in [5, 5.41) is 4.41. The summed E-state index contributed by atoms with van der Waals surface area (Å²) in [4.78, 5) is 4.36. The first kappa shape index (κ1) is 11.0. The molecule has 0 saturated heterocycles. The Morgan fingerprint density at radius 2 is 2.00 bits per heavy atom. The van der Waals surface area contributed by atoms with E-state index in [1.54, 1.807) is 0 Å². The van der Waals surface area contributed by atoms with Crippen LogP contribution >= 0.6 is 0 Å². The SMILES string of the molecule is CC(C)c1cnn2cc(-c3ccccn3)ccc12. The van der Waals surface area contributed by atoms with E-state index in [2.05, 4.69) is 36.1 Å². The van der Waals surface area contributed by atoms with Gasteiger partial charge in [0.2, 0.25) is 0 Å². The maximum absolute atomic E-state index is 4.41. The highest BCUT2D eigenvalue weighted by molar-refractivity contribution is 5.64. The molecule has 0 aliphatic heterocycles. The molecule has 3 heterocycles. The molecule has 3 heteroatoms. The lowest BCUT2D eigenvalue weighted by Crippen LogP contribution is -1.91. The molecule has 0 bridgehead atoms. The Balaban J connectivity index is 2.13. The van der Waals surface area contributed by atoms with Crippen LogP contribution in [0.1, 0.15) is 25.3 Å². The van der Waals surface area contributed by atoms with Gasteiger partial charge in [-0.1, -0.05) is 19.9 Å². The summed E-state index contributed by atoms with van der Waals surface area (Å²) in [6.45, 7) is 4.37. The second-order valence-corrected chi connectivity index (χ2v) is 4.72. The fraction of sp³-hybridized carbons (Fsp3) is 0.200. The average Bonchev–Trinajstić information content (AvgIpc) is 2.82. The van der Waals surface area contributed by atoms with E-state index in [4.69, 9.17) is 0 Å². The summed E-state index contributed by atoms with van der Waals surface area (Å²) >= 11 is 0. The third-order valence-electron chi connectivity index (χ3n) is 3.13. The number of hydrogen-bond donors (Lipinski definition) is 0. The van der Waals surface area contributed by atoms with Gasteiger partial charge in [0.15, 0.2) is 0 Å². The molecule has 0 aliphatic rings. The largest absolute Gasteiger partial charge is 0.256 e. The average molecular weight is 237 g/mol. The number of fused-ring (bicyclic) bond motifs is 1. The molecule has 3 nitrogen and oxygen atoms in total. The van der Waals surface area contributed by atoms with Crippen molar-refractivity contribution >= 4 is 5.52 Å². The van der Waals surface area contributed by atoms with Gasteiger partial charge in [-0.25, -0.2) is 4.52 Å². The molecule has 0 radical (unpaired) electrons. The van der Waals surface area contributed by atoms with Gasteiger partial charge in [-0.15, -0.1) is 0 Å². The zero-order valence-corrected chi connectivity index (χ0v) is 10.5. The van der Waals surface area contributed by atoms with Gasteiger partial charge in [0.25, 0.3) is 0 Å². The van der Waals surface area contributed by atoms with E-state index in [9.17, 15) is 0 Å². The van der Waals surface area contributed by atoms with Gasteiger partial charge in [-0.3, -0.25) is 4.98 Å². The highest BCUT2D eigenvalue weighted by atomic mass is 15.2. The van der Waals surface area contributed by atoms with Crippen molar-refractivity contribution in [1.82, 2.24) is 14.6 Å². The molecule has 0 aromatic carbocycles. The Bertz CT molecular complexity index is 669. The predicted molar refractivity (Wildman–Crippen MR) is 72.5 cm³/mol. The van der Waals surface area contributed by atoms with Crippen LogP contribution in [0.5, 0.6) is 0 Å². The van der Waals surface area contributed by atoms with E-state index in [-0.39, 0.29) is 0 Å². The van der Waals surface area contributed by atoms with Crippen molar-refractivity contribution in [2.75, 3.05) is 0 Å². The topological polar surface area (TPSA) is 30.2 Å². The van der Waals surface area contributed by atoms with Crippen molar-refractivity contribution in [3.8, 4) is 11.3 Å². The van der Waals surface area contributed by atoms with Crippen molar-refractivity contribution in [2.24, 2.45) is 0 Å². The first-order valence-corrected chi connectivity index (χ1v) is 6.14. The molecule has 18 heavy (non-hydrogen) atoms. The first-order chi connectivity index (χ1) is 8.75. The third-order valence-corrected chi connectivity index (χ3v) is 3.13. The van der Waals surface area contributed by atoms with Gasteiger partial charge < -0.3 is 0 Å². The number of hydrogen-bond acceptors (Lipinski definition) is 2. The normalized spacial score (nSPS) is 11.3. The molecule has 3 aromatic rings. The zero-order chi connectivity index (χ0) is 12.5. The van der Waals surface area contributed by atoms with E-state index in [0.29, 0.717) is 5.92 Å². The summed E-state index contributed by atoms with van der Waals surface area (Å²) in [6, 6.07) is 10.1. The summed E-state index contributed by atoms with van der Waals surface area (Å²) in [6.07, 6.45) is 5.79.